The molecule has 100 valence electrons. The van der Waals surface area contributed by atoms with Gasteiger partial charge in [-0.15, -0.1) is 16.5 Å². The number of aryl methyl sites for hydroxylation is 1. The quantitative estimate of drug-likeness (QED) is 0.644. The fourth-order valence-electron chi connectivity index (χ4n) is 1.83. The zero-order valence-corrected chi connectivity index (χ0v) is 12.3. The van der Waals surface area contributed by atoms with Gasteiger partial charge in [-0.1, -0.05) is 29.8 Å². The van der Waals surface area contributed by atoms with Crippen molar-refractivity contribution in [2.24, 2.45) is 10.2 Å². The third-order valence-corrected chi connectivity index (χ3v) is 4.33. The molecule has 0 spiro atoms. The first-order valence-electron chi connectivity index (χ1n) is 6.05. The molecule has 4 nitrogen and oxygen atoms in total. The molecule has 0 aliphatic carbocycles. The average Bonchev–Trinajstić information content (AvgIpc) is 2.84. The Morgan fingerprint density at radius 3 is 2.95 bits per heavy atom. The van der Waals surface area contributed by atoms with Gasteiger partial charge in [0.05, 0.1) is 16.8 Å². The first-order valence-corrected chi connectivity index (χ1v) is 7.31. The number of rotatable bonds is 3. The molecule has 0 atom stereocenters. The highest BCUT2D eigenvalue weighted by molar-refractivity contribution is 7.17. The Labute approximate surface area is 125 Å². The summed E-state index contributed by atoms with van der Waals surface area (Å²) >= 11 is 7.66. The molecule has 0 saturated carbocycles. The lowest BCUT2D eigenvalue weighted by Crippen LogP contribution is -1.82. The summed E-state index contributed by atoms with van der Waals surface area (Å²) in [6.07, 6.45) is 1.52. The van der Waals surface area contributed by atoms with E-state index in [2.05, 4.69) is 20.2 Å². The van der Waals surface area contributed by atoms with Crippen molar-refractivity contribution in [2.75, 3.05) is 0 Å². The van der Waals surface area contributed by atoms with Gasteiger partial charge in [-0.3, -0.25) is 0 Å². The molecule has 6 heteroatoms. The van der Waals surface area contributed by atoms with Crippen molar-refractivity contribution in [1.82, 2.24) is 9.97 Å². The highest BCUT2D eigenvalue weighted by atomic mass is 35.5. The van der Waals surface area contributed by atoms with Gasteiger partial charge < -0.3 is 0 Å². The molecule has 0 unspecified atom stereocenters. The Hall–Kier alpha value is -1.85. The lowest BCUT2D eigenvalue weighted by atomic mass is 10.2. The number of azo groups is 1. The van der Waals surface area contributed by atoms with Gasteiger partial charge in [0.25, 0.3) is 0 Å². The predicted molar refractivity (Wildman–Crippen MR) is 81.8 cm³/mol. The molecule has 0 aliphatic rings. The Bertz CT molecular complexity index is 782. The SMILES string of the molecule is Cc1csc2c(N=NCc3ccccc3Cl)ncnc12. The van der Waals surface area contributed by atoms with Crippen LogP contribution >= 0.6 is 22.9 Å². The van der Waals surface area contributed by atoms with Crippen LogP contribution in [0.25, 0.3) is 10.2 Å². The van der Waals surface area contributed by atoms with Gasteiger partial charge in [-0.05, 0) is 29.5 Å². The highest BCUT2D eigenvalue weighted by Crippen LogP contribution is 2.30. The number of fused-ring (bicyclic) bond motifs is 1. The molecule has 20 heavy (non-hydrogen) atoms. The van der Waals surface area contributed by atoms with E-state index in [9.17, 15) is 0 Å². The van der Waals surface area contributed by atoms with Gasteiger partial charge in [0.15, 0.2) is 5.82 Å². The Morgan fingerprint density at radius 1 is 1.25 bits per heavy atom. The zero-order valence-electron chi connectivity index (χ0n) is 10.7. The molecule has 0 amide bonds. The molecule has 3 aromatic rings. The standard InChI is InChI=1S/C14H11ClN4S/c1-9-7-20-13-12(9)16-8-17-14(13)19-18-6-10-4-2-3-5-11(10)15/h2-5,7-8H,6H2,1H3. The maximum Gasteiger partial charge on any atom is 0.195 e. The number of nitrogens with zero attached hydrogens (tertiary/aromatic N) is 4. The van der Waals surface area contributed by atoms with Crippen molar-refractivity contribution in [3.8, 4) is 0 Å². The van der Waals surface area contributed by atoms with Crippen molar-refractivity contribution in [3.05, 3.63) is 52.1 Å². The van der Waals surface area contributed by atoms with Gasteiger partial charge in [0.2, 0.25) is 0 Å². The lowest BCUT2D eigenvalue weighted by molar-refractivity contribution is 0.948. The molecule has 0 radical (unpaired) electrons. The number of hydrogen-bond donors (Lipinski definition) is 0. The summed E-state index contributed by atoms with van der Waals surface area (Å²) in [4.78, 5) is 8.44. The lowest BCUT2D eigenvalue weighted by Gasteiger charge is -1.98. The summed E-state index contributed by atoms with van der Waals surface area (Å²) in [6.45, 7) is 2.46. The third kappa shape index (κ3) is 2.55. The first-order chi connectivity index (χ1) is 9.75. The molecule has 0 saturated heterocycles. The van der Waals surface area contributed by atoms with E-state index >= 15 is 0 Å². The largest absolute Gasteiger partial charge is 0.235 e. The molecule has 0 aliphatic heterocycles. The van der Waals surface area contributed by atoms with Crippen LogP contribution in [0.4, 0.5) is 5.82 Å². The number of aromatic nitrogens is 2. The Balaban J connectivity index is 1.86. The number of thiophene rings is 1. The Morgan fingerprint density at radius 2 is 2.10 bits per heavy atom. The van der Waals surface area contributed by atoms with Crippen molar-refractivity contribution < 1.29 is 0 Å². The zero-order chi connectivity index (χ0) is 13.9. The van der Waals surface area contributed by atoms with Crippen LogP contribution in [0.2, 0.25) is 5.02 Å². The van der Waals surface area contributed by atoms with Gasteiger partial charge in [-0.25, -0.2) is 9.97 Å². The second-order valence-electron chi connectivity index (χ2n) is 4.28. The molecule has 0 N–H and O–H groups in total. The van der Waals surface area contributed by atoms with Crippen LogP contribution < -0.4 is 0 Å². The minimum absolute atomic E-state index is 0.440. The van der Waals surface area contributed by atoms with Gasteiger partial charge >= 0.3 is 0 Å². The van der Waals surface area contributed by atoms with Gasteiger partial charge in [-0.2, -0.15) is 5.11 Å². The van der Waals surface area contributed by atoms with E-state index in [0.29, 0.717) is 17.4 Å². The topological polar surface area (TPSA) is 50.5 Å². The van der Waals surface area contributed by atoms with Crippen LogP contribution in [-0.2, 0) is 6.54 Å². The third-order valence-electron chi connectivity index (χ3n) is 2.88. The highest BCUT2D eigenvalue weighted by Gasteiger charge is 2.07. The van der Waals surface area contributed by atoms with E-state index in [-0.39, 0.29) is 0 Å². The minimum Gasteiger partial charge on any atom is -0.235 e. The van der Waals surface area contributed by atoms with Crippen LogP contribution in [0.5, 0.6) is 0 Å². The average molecular weight is 303 g/mol. The summed E-state index contributed by atoms with van der Waals surface area (Å²) in [5.41, 5.74) is 3.03. The molecule has 2 heterocycles. The van der Waals surface area contributed by atoms with Crippen LogP contribution in [0.1, 0.15) is 11.1 Å². The summed E-state index contributed by atoms with van der Waals surface area (Å²) in [6, 6.07) is 7.61. The molecular formula is C14H11ClN4S. The fraction of sp³-hybridized carbons (Fsp3) is 0.143. The van der Waals surface area contributed by atoms with E-state index in [0.717, 1.165) is 21.3 Å². The smallest absolute Gasteiger partial charge is 0.195 e. The maximum absolute atomic E-state index is 6.08. The van der Waals surface area contributed by atoms with Crippen LogP contribution in [0.3, 0.4) is 0 Å². The molecule has 0 fully saturated rings. The van der Waals surface area contributed by atoms with Crippen molar-refractivity contribution in [2.45, 2.75) is 13.5 Å². The fourth-order valence-corrected chi connectivity index (χ4v) is 2.96. The summed E-state index contributed by atoms with van der Waals surface area (Å²) in [5.74, 6) is 0.611. The first kappa shape index (κ1) is 13.1. The number of benzene rings is 1. The van der Waals surface area contributed by atoms with E-state index < -0.39 is 0 Å². The van der Waals surface area contributed by atoms with Crippen molar-refractivity contribution >= 4 is 39.0 Å². The second kappa shape index (κ2) is 5.64. The van der Waals surface area contributed by atoms with Crippen molar-refractivity contribution in [1.29, 1.82) is 0 Å². The molecule has 2 aromatic heterocycles. The summed E-state index contributed by atoms with van der Waals surface area (Å²) in [5, 5.41) is 11.1. The molecule has 1 aromatic carbocycles. The normalized spacial score (nSPS) is 11.5. The summed E-state index contributed by atoms with van der Waals surface area (Å²) < 4.78 is 0.966. The van der Waals surface area contributed by atoms with Crippen LogP contribution in [0.15, 0.2) is 46.2 Å². The molecule has 3 rings (SSSR count). The predicted octanol–water partition coefficient (Wildman–Crippen LogP) is 4.94. The van der Waals surface area contributed by atoms with E-state index in [1.165, 1.54) is 6.33 Å². The van der Waals surface area contributed by atoms with Crippen LogP contribution in [0, 0.1) is 6.92 Å². The van der Waals surface area contributed by atoms with E-state index in [1.54, 1.807) is 11.3 Å². The van der Waals surface area contributed by atoms with E-state index in [1.807, 2.05) is 36.6 Å². The van der Waals surface area contributed by atoms with Gasteiger partial charge in [0, 0.05) is 5.02 Å². The molecular weight excluding hydrogens is 292 g/mol. The minimum atomic E-state index is 0.440. The number of halogens is 1. The Kier molecular flexibility index (Phi) is 3.71. The monoisotopic (exact) mass is 302 g/mol. The number of hydrogen-bond acceptors (Lipinski definition) is 5. The van der Waals surface area contributed by atoms with Crippen LogP contribution in [-0.4, -0.2) is 9.97 Å². The van der Waals surface area contributed by atoms with Crippen molar-refractivity contribution in [3.63, 3.8) is 0 Å². The summed E-state index contributed by atoms with van der Waals surface area (Å²) in [7, 11) is 0. The second-order valence-corrected chi connectivity index (χ2v) is 5.57. The van der Waals surface area contributed by atoms with E-state index in [4.69, 9.17) is 11.6 Å². The van der Waals surface area contributed by atoms with Gasteiger partial charge in [0.1, 0.15) is 6.33 Å². The maximum atomic E-state index is 6.08. The molecule has 0 bridgehead atoms.